The first-order chi connectivity index (χ1) is 13.8. The minimum atomic E-state index is -4.59. The number of rotatable bonds is 4. The van der Waals surface area contributed by atoms with Gasteiger partial charge in [-0.1, -0.05) is 29.8 Å². The number of nitrogens with one attached hydrogen (secondary N) is 1. The zero-order valence-electron chi connectivity index (χ0n) is 14.7. The minimum absolute atomic E-state index is 0.0815. The summed E-state index contributed by atoms with van der Waals surface area (Å²) in [6.45, 7) is 0. The number of hydrogen-bond acceptors (Lipinski definition) is 4. The molecule has 0 amide bonds. The normalized spacial score (nSPS) is 12.8. The van der Waals surface area contributed by atoms with Crippen molar-refractivity contribution in [2.24, 2.45) is 0 Å². The van der Waals surface area contributed by atoms with Crippen LogP contribution in [0.4, 0.5) is 18.9 Å². The molecule has 0 spiro atoms. The predicted molar refractivity (Wildman–Crippen MR) is 104 cm³/mol. The van der Waals surface area contributed by atoms with E-state index in [9.17, 15) is 18.3 Å². The number of phenolic OH excluding ortho intramolecular Hbond substituents is 1. The van der Waals surface area contributed by atoms with Gasteiger partial charge in [-0.05, 0) is 36.4 Å². The lowest BCUT2D eigenvalue weighted by Gasteiger charge is -2.21. The van der Waals surface area contributed by atoms with Gasteiger partial charge in [0.15, 0.2) is 0 Å². The van der Waals surface area contributed by atoms with Gasteiger partial charge in [0, 0.05) is 22.8 Å². The van der Waals surface area contributed by atoms with E-state index >= 15 is 0 Å². The van der Waals surface area contributed by atoms with Gasteiger partial charge >= 0.3 is 6.18 Å². The molecule has 0 radical (unpaired) electrons. The van der Waals surface area contributed by atoms with E-state index in [1.165, 1.54) is 18.4 Å². The summed E-state index contributed by atoms with van der Waals surface area (Å²) in [6, 6.07) is 13.1. The lowest BCUT2D eigenvalue weighted by atomic mass is 10.00. The molecule has 1 unspecified atom stereocenters. The third kappa shape index (κ3) is 3.73. The first kappa shape index (κ1) is 19.1. The van der Waals surface area contributed by atoms with Crippen LogP contribution in [0.5, 0.6) is 5.75 Å². The molecule has 4 rings (SSSR count). The number of halogens is 4. The van der Waals surface area contributed by atoms with Gasteiger partial charge in [0.25, 0.3) is 0 Å². The van der Waals surface area contributed by atoms with E-state index in [-0.39, 0.29) is 11.4 Å². The van der Waals surface area contributed by atoms with E-state index in [0.717, 1.165) is 11.5 Å². The van der Waals surface area contributed by atoms with Crippen molar-refractivity contribution in [3.05, 3.63) is 89.0 Å². The highest BCUT2D eigenvalue weighted by Gasteiger charge is 2.33. The van der Waals surface area contributed by atoms with Crippen LogP contribution in [-0.2, 0) is 6.18 Å². The van der Waals surface area contributed by atoms with Gasteiger partial charge in [0.05, 0.1) is 16.8 Å². The number of fused-ring (bicyclic) bond motifs is 1. The first-order valence-corrected chi connectivity index (χ1v) is 8.95. The second-order valence-corrected chi connectivity index (χ2v) is 6.77. The summed E-state index contributed by atoms with van der Waals surface area (Å²) in [4.78, 5) is 4.20. The Morgan fingerprint density at radius 2 is 1.90 bits per heavy atom. The molecule has 4 aromatic rings. The molecule has 4 nitrogen and oxygen atoms in total. The Bertz CT molecular complexity index is 1160. The molecule has 8 heteroatoms. The van der Waals surface area contributed by atoms with Crippen molar-refractivity contribution in [2.45, 2.75) is 12.2 Å². The van der Waals surface area contributed by atoms with E-state index in [1.807, 2.05) is 0 Å². The molecule has 2 aromatic carbocycles. The van der Waals surface area contributed by atoms with Crippen LogP contribution in [0.15, 0.2) is 71.5 Å². The number of nitrogens with zero attached hydrogens (tertiary/aromatic N) is 1. The van der Waals surface area contributed by atoms with Crippen LogP contribution in [0, 0.1) is 0 Å². The second-order valence-electron chi connectivity index (χ2n) is 6.36. The molecule has 2 aromatic heterocycles. The Balaban J connectivity index is 1.80. The number of aromatic hydroxyl groups is 1. The first-order valence-electron chi connectivity index (χ1n) is 8.58. The Hall–Kier alpha value is -3.19. The van der Waals surface area contributed by atoms with E-state index < -0.39 is 22.8 Å². The Morgan fingerprint density at radius 1 is 1.07 bits per heavy atom. The molecule has 0 aliphatic heterocycles. The van der Waals surface area contributed by atoms with Crippen molar-refractivity contribution in [2.75, 3.05) is 5.32 Å². The maximum absolute atomic E-state index is 13.2. The Morgan fingerprint density at radius 3 is 2.62 bits per heavy atom. The van der Waals surface area contributed by atoms with Crippen molar-refractivity contribution >= 4 is 28.2 Å². The van der Waals surface area contributed by atoms with Crippen LogP contribution in [0.3, 0.4) is 0 Å². The van der Waals surface area contributed by atoms with Gasteiger partial charge in [0.2, 0.25) is 0 Å². The van der Waals surface area contributed by atoms with E-state index in [2.05, 4.69) is 10.3 Å². The molecular formula is C21H14ClF3N2O2. The molecule has 0 fully saturated rings. The van der Waals surface area contributed by atoms with Crippen LogP contribution in [0.1, 0.15) is 22.9 Å². The third-order valence-corrected chi connectivity index (χ3v) is 4.83. The van der Waals surface area contributed by atoms with Crippen LogP contribution in [0.25, 0.3) is 10.9 Å². The molecular weight excluding hydrogens is 405 g/mol. The topological polar surface area (TPSA) is 58.3 Å². The third-order valence-electron chi connectivity index (χ3n) is 4.50. The highest BCUT2D eigenvalue weighted by atomic mass is 35.5. The number of pyridine rings is 1. The number of benzene rings is 2. The van der Waals surface area contributed by atoms with Gasteiger partial charge < -0.3 is 14.8 Å². The molecule has 2 N–H and O–H groups in total. The summed E-state index contributed by atoms with van der Waals surface area (Å²) in [6.07, 6.45) is -1.59. The Kier molecular flexibility index (Phi) is 4.84. The quantitative estimate of drug-likeness (QED) is 0.402. The number of alkyl halides is 3. The molecule has 0 bridgehead atoms. The number of phenols is 1. The fourth-order valence-corrected chi connectivity index (χ4v) is 3.36. The number of anilines is 1. The molecule has 148 valence electrons. The SMILES string of the molecule is Oc1c(C(Nc2ccc(Cl)c(C(F)(F)F)c2)c2ccco2)ccc2cccnc12. The standard InChI is InChI=1S/C21H14ClF3N2O2/c22-16-8-6-13(11-15(16)21(23,24)25)27-19(17-4-2-10-29-17)14-7-5-12-3-1-9-26-18(12)20(14)28/h1-11,19,27-28H. The highest BCUT2D eigenvalue weighted by Crippen LogP contribution is 2.39. The monoisotopic (exact) mass is 418 g/mol. The molecule has 0 saturated carbocycles. The largest absolute Gasteiger partial charge is 0.505 e. The van der Waals surface area contributed by atoms with Crippen molar-refractivity contribution in [3.63, 3.8) is 0 Å². The molecule has 29 heavy (non-hydrogen) atoms. The number of furan rings is 1. The number of hydrogen-bond donors (Lipinski definition) is 2. The fraction of sp³-hybridized carbons (Fsp3) is 0.0952. The lowest BCUT2D eigenvalue weighted by Crippen LogP contribution is -2.13. The van der Waals surface area contributed by atoms with Crippen molar-refractivity contribution in [1.29, 1.82) is 0 Å². The van der Waals surface area contributed by atoms with Gasteiger partial charge in [-0.2, -0.15) is 13.2 Å². The molecule has 0 aliphatic carbocycles. The van der Waals surface area contributed by atoms with Gasteiger partial charge in [0.1, 0.15) is 23.1 Å². The average Bonchev–Trinajstić information content (AvgIpc) is 3.22. The van der Waals surface area contributed by atoms with Crippen molar-refractivity contribution in [1.82, 2.24) is 4.98 Å². The fourth-order valence-electron chi connectivity index (χ4n) is 3.13. The van der Waals surface area contributed by atoms with Crippen LogP contribution < -0.4 is 5.32 Å². The van der Waals surface area contributed by atoms with Crippen molar-refractivity contribution in [3.8, 4) is 5.75 Å². The van der Waals surface area contributed by atoms with Gasteiger partial charge in [-0.25, -0.2) is 0 Å². The second kappa shape index (κ2) is 7.33. The smallest absolute Gasteiger partial charge is 0.417 e. The van der Waals surface area contributed by atoms with Crippen LogP contribution in [-0.4, -0.2) is 10.1 Å². The van der Waals surface area contributed by atoms with E-state index in [4.69, 9.17) is 16.0 Å². The minimum Gasteiger partial charge on any atom is -0.505 e. The van der Waals surface area contributed by atoms with E-state index in [0.29, 0.717) is 16.8 Å². The summed E-state index contributed by atoms with van der Waals surface area (Å²) >= 11 is 5.71. The van der Waals surface area contributed by atoms with Crippen molar-refractivity contribution < 1.29 is 22.7 Å². The molecule has 0 aliphatic rings. The van der Waals surface area contributed by atoms with Gasteiger partial charge in [-0.3, -0.25) is 4.98 Å². The predicted octanol–water partition coefficient (Wildman–Crippen LogP) is 6.41. The Labute approximate surface area is 168 Å². The van der Waals surface area contributed by atoms with Crippen LogP contribution >= 0.6 is 11.6 Å². The summed E-state index contributed by atoms with van der Waals surface area (Å²) in [7, 11) is 0. The molecule has 2 heterocycles. The maximum Gasteiger partial charge on any atom is 0.417 e. The highest BCUT2D eigenvalue weighted by molar-refractivity contribution is 6.31. The zero-order chi connectivity index (χ0) is 20.6. The molecule has 0 saturated heterocycles. The van der Waals surface area contributed by atoms with E-state index in [1.54, 1.807) is 42.6 Å². The maximum atomic E-state index is 13.2. The lowest BCUT2D eigenvalue weighted by molar-refractivity contribution is -0.137. The summed E-state index contributed by atoms with van der Waals surface area (Å²) < 4.78 is 45.1. The summed E-state index contributed by atoms with van der Waals surface area (Å²) in [5.41, 5.74) is 0.0144. The number of aromatic nitrogens is 1. The van der Waals surface area contributed by atoms with Gasteiger partial charge in [-0.15, -0.1) is 0 Å². The molecule has 1 atom stereocenters. The van der Waals surface area contributed by atoms with Crippen LogP contribution in [0.2, 0.25) is 5.02 Å². The summed E-state index contributed by atoms with van der Waals surface area (Å²) in [5, 5.41) is 14.1. The average molecular weight is 419 g/mol. The summed E-state index contributed by atoms with van der Waals surface area (Å²) in [5.74, 6) is 0.334. The zero-order valence-corrected chi connectivity index (χ0v) is 15.5.